The van der Waals surface area contributed by atoms with Crippen LogP contribution >= 0.6 is 0 Å². The third-order valence-electron chi connectivity index (χ3n) is 5.31. The van der Waals surface area contributed by atoms with Crippen molar-refractivity contribution in [3.05, 3.63) is 0 Å². The van der Waals surface area contributed by atoms with Crippen molar-refractivity contribution in [1.29, 1.82) is 0 Å². The molecule has 3 heteroatoms. The molecule has 0 amide bonds. The molecule has 2 rings (SSSR count). The molecule has 2 N–H and O–H groups in total. The summed E-state index contributed by atoms with van der Waals surface area (Å²) in [6.45, 7) is 9.40. The van der Waals surface area contributed by atoms with Gasteiger partial charge in [-0.1, -0.05) is 13.8 Å². The van der Waals surface area contributed by atoms with Crippen molar-refractivity contribution >= 4 is 0 Å². The van der Waals surface area contributed by atoms with E-state index in [1.165, 1.54) is 32.2 Å². The van der Waals surface area contributed by atoms with Gasteiger partial charge in [-0.05, 0) is 57.9 Å². The summed E-state index contributed by atoms with van der Waals surface area (Å²) >= 11 is 0. The number of nitrogens with zero attached hydrogens (tertiary/aromatic N) is 1. The Morgan fingerprint density at radius 3 is 2.74 bits per heavy atom. The molecule has 1 saturated carbocycles. The zero-order chi connectivity index (χ0) is 13.9. The van der Waals surface area contributed by atoms with Gasteiger partial charge >= 0.3 is 0 Å². The Balaban J connectivity index is 2.03. The van der Waals surface area contributed by atoms with Gasteiger partial charge in [0, 0.05) is 24.2 Å². The molecule has 4 unspecified atom stereocenters. The quantitative estimate of drug-likeness (QED) is 0.822. The lowest BCUT2D eigenvalue weighted by Gasteiger charge is -2.48. The van der Waals surface area contributed by atoms with E-state index in [4.69, 9.17) is 0 Å². The van der Waals surface area contributed by atoms with Gasteiger partial charge in [-0.2, -0.15) is 0 Å². The van der Waals surface area contributed by atoms with Crippen molar-refractivity contribution in [3.8, 4) is 0 Å². The highest BCUT2D eigenvalue weighted by Gasteiger charge is 2.39. The second kappa shape index (κ2) is 6.55. The zero-order valence-electron chi connectivity index (χ0n) is 13.0. The van der Waals surface area contributed by atoms with E-state index in [1.807, 2.05) is 0 Å². The molecule has 1 aliphatic heterocycles. The third kappa shape index (κ3) is 3.50. The Morgan fingerprint density at radius 1 is 1.26 bits per heavy atom. The minimum Gasteiger partial charge on any atom is -0.394 e. The van der Waals surface area contributed by atoms with Gasteiger partial charge in [-0.15, -0.1) is 0 Å². The van der Waals surface area contributed by atoms with Crippen LogP contribution in [-0.2, 0) is 0 Å². The summed E-state index contributed by atoms with van der Waals surface area (Å²) in [6.07, 6.45) is 7.52. The van der Waals surface area contributed by atoms with Crippen LogP contribution in [0, 0.1) is 5.92 Å². The van der Waals surface area contributed by atoms with Crippen LogP contribution in [0.3, 0.4) is 0 Å². The molecule has 4 atom stereocenters. The van der Waals surface area contributed by atoms with Crippen molar-refractivity contribution in [2.45, 2.75) is 76.9 Å². The predicted octanol–water partition coefficient (Wildman–Crippen LogP) is 2.39. The number of hydrogen-bond donors (Lipinski definition) is 2. The Kier molecular flexibility index (Phi) is 5.27. The molecule has 0 aromatic heterocycles. The summed E-state index contributed by atoms with van der Waals surface area (Å²) in [4.78, 5) is 2.73. The van der Waals surface area contributed by atoms with Crippen LogP contribution in [0.2, 0.25) is 0 Å². The first kappa shape index (κ1) is 15.3. The Morgan fingerprint density at radius 2 is 2.05 bits per heavy atom. The van der Waals surface area contributed by atoms with Crippen LogP contribution in [0.5, 0.6) is 0 Å². The molecule has 0 bridgehead atoms. The molecular formula is C16H32N2O. The summed E-state index contributed by atoms with van der Waals surface area (Å²) in [5.74, 6) is 0.834. The van der Waals surface area contributed by atoms with Crippen molar-refractivity contribution in [2.24, 2.45) is 5.92 Å². The molecule has 1 heterocycles. The number of nitrogens with one attached hydrogen (secondary N) is 1. The third-order valence-corrected chi connectivity index (χ3v) is 5.31. The lowest BCUT2D eigenvalue weighted by atomic mass is 9.77. The highest BCUT2D eigenvalue weighted by atomic mass is 16.3. The van der Waals surface area contributed by atoms with Crippen LogP contribution in [0.4, 0.5) is 0 Å². The summed E-state index contributed by atoms with van der Waals surface area (Å²) in [7, 11) is 0. The second-order valence-corrected chi connectivity index (χ2v) is 6.95. The van der Waals surface area contributed by atoms with Gasteiger partial charge in [-0.3, -0.25) is 4.90 Å². The van der Waals surface area contributed by atoms with E-state index in [9.17, 15) is 5.11 Å². The van der Waals surface area contributed by atoms with Crippen LogP contribution < -0.4 is 5.32 Å². The van der Waals surface area contributed by atoms with Crippen molar-refractivity contribution in [1.82, 2.24) is 10.2 Å². The fourth-order valence-corrected chi connectivity index (χ4v) is 4.18. The van der Waals surface area contributed by atoms with E-state index in [0.717, 1.165) is 31.3 Å². The monoisotopic (exact) mass is 268 g/mol. The smallest absolute Gasteiger partial charge is 0.0613 e. The lowest BCUT2D eigenvalue weighted by molar-refractivity contribution is 0.0160. The number of likely N-dealkylation sites (N-methyl/N-ethyl adjacent to an activating group) is 1. The molecule has 0 spiro atoms. The number of aliphatic hydroxyl groups excluding tert-OH is 1. The van der Waals surface area contributed by atoms with Crippen LogP contribution in [0.1, 0.15) is 59.3 Å². The van der Waals surface area contributed by atoms with Gasteiger partial charge in [-0.25, -0.2) is 0 Å². The number of hydrogen-bond acceptors (Lipinski definition) is 3. The van der Waals surface area contributed by atoms with Crippen LogP contribution in [-0.4, -0.2) is 47.3 Å². The van der Waals surface area contributed by atoms with E-state index >= 15 is 0 Å². The topological polar surface area (TPSA) is 35.5 Å². The second-order valence-electron chi connectivity index (χ2n) is 6.95. The summed E-state index contributed by atoms with van der Waals surface area (Å²) < 4.78 is 0. The zero-order valence-corrected chi connectivity index (χ0v) is 13.0. The number of rotatable bonds is 4. The summed E-state index contributed by atoms with van der Waals surface area (Å²) in [5, 5.41) is 13.4. The molecule has 0 aromatic carbocycles. The van der Waals surface area contributed by atoms with Crippen molar-refractivity contribution in [3.63, 3.8) is 0 Å². The van der Waals surface area contributed by atoms with Gasteiger partial charge < -0.3 is 10.4 Å². The Hall–Kier alpha value is -0.120. The normalized spacial score (nSPS) is 41.4. The lowest BCUT2D eigenvalue weighted by Crippen LogP contribution is -2.58. The Labute approximate surface area is 118 Å². The molecule has 112 valence electrons. The highest BCUT2D eigenvalue weighted by Crippen LogP contribution is 2.34. The largest absolute Gasteiger partial charge is 0.394 e. The van der Waals surface area contributed by atoms with E-state index in [2.05, 4.69) is 31.0 Å². The summed E-state index contributed by atoms with van der Waals surface area (Å²) in [5.41, 5.74) is -0.0158. The fourth-order valence-electron chi connectivity index (χ4n) is 4.18. The molecular weight excluding hydrogens is 236 g/mol. The van der Waals surface area contributed by atoms with Crippen LogP contribution in [0.15, 0.2) is 0 Å². The maximum Gasteiger partial charge on any atom is 0.0613 e. The SMILES string of the molecule is CCNC1(CO)CCCC(N2CC(C)CCC2C)C1. The maximum atomic E-state index is 9.83. The van der Waals surface area contributed by atoms with Gasteiger partial charge in [0.15, 0.2) is 0 Å². The summed E-state index contributed by atoms with van der Waals surface area (Å²) in [6, 6.07) is 1.38. The average Bonchev–Trinajstić information content (AvgIpc) is 2.42. The van der Waals surface area contributed by atoms with Crippen LogP contribution in [0.25, 0.3) is 0 Å². The van der Waals surface area contributed by atoms with E-state index < -0.39 is 0 Å². The first-order chi connectivity index (χ1) is 9.10. The van der Waals surface area contributed by atoms with Crippen molar-refractivity contribution < 1.29 is 5.11 Å². The molecule has 1 aliphatic carbocycles. The molecule has 3 nitrogen and oxygen atoms in total. The highest BCUT2D eigenvalue weighted by molar-refractivity contribution is 4.97. The number of piperidine rings is 1. The first-order valence-electron chi connectivity index (χ1n) is 8.22. The number of likely N-dealkylation sites (tertiary alicyclic amines) is 1. The Bertz CT molecular complexity index is 280. The fraction of sp³-hybridized carbons (Fsp3) is 1.00. The molecule has 2 aliphatic rings. The van der Waals surface area contributed by atoms with Gasteiger partial charge in [0.1, 0.15) is 0 Å². The predicted molar refractivity (Wildman–Crippen MR) is 80.3 cm³/mol. The molecule has 2 fully saturated rings. The standard InChI is InChI=1S/C16H32N2O/c1-4-17-16(12-19)9-5-6-15(10-16)18-11-13(2)7-8-14(18)3/h13-15,17,19H,4-12H2,1-3H3. The minimum absolute atomic E-state index is 0.0158. The average molecular weight is 268 g/mol. The molecule has 0 radical (unpaired) electrons. The van der Waals surface area contributed by atoms with Gasteiger partial charge in [0.2, 0.25) is 0 Å². The number of aliphatic hydroxyl groups is 1. The molecule has 19 heavy (non-hydrogen) atoms. The van der Waals surface area contributed by atoms with Crippen molar-refractivity contribution in [2.75, 3.05) is 19.7 Å². The van der Waals surface area contributed by atoms with E-state index in [-0.39, 0.29) is 12.1 Å². The first-order valence-corrected chi connectivity index (χ1v) is 8.22. The molecule has 1 saturated heterocycles. The maximum absolute atomic E-state index is 9.83. The minimum atomic E-state index is -0.0158. The molecule has 0 aromatic rings. The van der Waals surface area contributed by atoms with E-state index in [1.54, 1.807) is 0 Å². The van der Waals surface area contributed by atoms with Gasteiger partial charge in [0.25, 0.3) is 0 Å². The van der Waals surface area contributed by atoms with E-state index in [0.29, 0.717) is 6.04 Å². The van der Waals surface area contributed by atoms with Gasteiger partial charge in [0.05, 0.1) is 6.61 Å².